The SMILES string of the molecule is CCc1nncn1CCNC(=NCC(=O)NC(C)(C)C)NCC1CCOC1. The fourth-order valence-electron chi connectivity index (χ4n) is 2.80. The van der Waals surface area contributed by atoms with Crippen molar-refractivity contribution in [3.63, 3.8) is 0 Å². The van der Waals surface area contributed by atoms with Gasteiger partial charge in [0.1, 0.15) is 18.7 Å². The van der Waals surface area contributed by atoms with Gasteiger partial charge in [-0.05, 0) is 27.2 Å². The summed E-state index contributed by atoms with van der Waals surface area (Å²) in [6, 6.07) is 0. The Balaban J connectivity index is 1.87. The minimum absolute atomic E-state index is 0.0839. The summed E-state index contributed by atoms with van der Waals surface area (Å²) in [5, 5.41) is 17.6. The van der Waals surface area contributed by atoms with Gasteiger partial charge in [-0.1, -0.05) is 6.92 Å². The molecule has 0 aliphatic carbocycles. The van der Waals surface area contributed by atoms with E-state index in [0.717, 1.165) is 45.0 Å². The number of carbonyl (C=O) groups is 1. The predicted molar refractivity (Wildman–Crippen MR) is 105 cm³/mol. The highest BCUT2D eigenvalue weighted by atomic mass is 16.5. The van der Waals surface area contributed by atoms with E-state index in [4.69, 9.17) is 4.74 Å². The Morgan fingerprint density at radius 1 is 1.41 bits per heavy atom. The summed E-state index contributed by atoms with van der Waals surface area (Å²) in [5.74, 6) is 1.97. The van der Waals surface area contributed by atoms with Gasteiger partial charge in [-0.3, -0.25) is 4.79 Å². The maximum Gasteiger partial charge on any atom is 0.242 e. The lowest BCUT2D eigenvalue weighted by Gasteiger charge is -2.20. The highest BCUT2D eigenvalue weighted by molar-refractivity contribution is 5.85. The summed E-state index contributed by atoms with van der Waals surface area (Å²) in [4.78, 5) is 16.5. The van der Waals surface area contributed by atoms with Crippen molar-refractivity contribution >= 4 is 11.9 Å². The minimum atomic E-state index is -0.264. The molecule has 2 heterocycles. The molecular weight excluding hydrogens is 346 g/mol. The number of aliphatic imine (C=N–C) groups is 1. The van der Waals surface area contributed by atoms with Crippen LogP contribution in [0.25, 0.3) is 0 Å². The molecule has 9 heteroatoms. The molecule has 0 aromatic carbocycles. The third kappa shape index (κ3) is 7.94. The van der Waals surface area contributed by atoms with Crippen LogP contribution in [0.5, 0.6) is 0 Å². The summed E-state index contributed by atoms with van der Waals surface area (Å²) in [7, 11) is 0. The van der Waals surface area contributed by atoms with Gasteiger partial charge in [0, 0.05) is 44.1 Å². The van der Waals surface area contributed by atoms with Crippen LogP contribution in [0.1, 0.15) is 39.9 Å². The summed E-state index contributed by atoms with van der Waals surface area (Å²) in [6.45, 7) is 11.8. The molecule has 1 fully saturated rings. The molecule has 1 aromatic rings. The first-order chi connectivity index (χ1) is 12.9. The number of amides is 1. The standard InChI is InChI=1S/C18H33N7O2/c1-5-15-24-22-13-25(15)8-7-19-17(20-10-14-6-9-27-12-14)21-11-16(26)23-18(2,3)4/h13-14H,5-12H2,1-4H3,(H,23,26)(H2,19,20,21). The van der Waals surface area contributed by atoms with Crippen LogP contribution in [-0.2, 0) is 22.5 Å². The van der Waals surface area contributed by atoms with Crippen LogP contribution in [0.15, 0.2) is 11.3 Å². The first-order valence-electron chi connectivity index (χ1n) is 9.65. The Labute approximate surface area is 161 Å². The number of rotatable bonds is 8. The zero-order valence-electron chi connectivity index (χ0n) is 16.9. The third-order valence-corrected chi connectivity index (χ3v) is 4.13. The van der Waals surface area contributed by atoms with E-state index in [1.807, 2.05) is 25.3 Å². The maximum absolute atomic E-state index is 12.1. The van der Waals surface area contributed by atoms with Crippen LogP contribution in [0.3, 0.4) is 0 Å². The van der Waals surface area contributed by atoms with Gasteiger partial charge in [0.2, 0.25) is 5.91 Å². The van der Waals surface area contributed by atoms with Gasteiger partial charge < -0.3 is 25.3 Å². The molecule has 3 N–H and O–H groups in total. The lowest BCUT2D eigenvalue weighted by molar-refractivity contribution is -0.121. The van der Waals surface area contributed by atoms with Crippen molar-refractivity contribution in [2.75, 3.05) is 32.8 Å². The average molecular weight is 380 g/mol. The predicted octanol–water partition coefficient (Wildman–Crippen LogP) is 0.327. The molecule has 2 rings (SSSR count). The highest BCUT2D eigenvalue weighted by Crippen LogP contribution is 2.10. The fraction of sp³-hybridized carbons (Fsp3) is 0.778. The quantitative estimate of drug-likeness (QED) is 0.444. The topological polar surface area (TPSA) is 105 Å². The minimum Gasteiger partial charge on any atom is -0.381 e. The third-order valence-electron chi connectivity index (χ3n) is 4.13. The summed E-state index contributed by atoms with van der Waals surface area (Å²) in [6.07, 6.45) is 3.62. The monoisotopic (exact) mass is 379 g/mol. The maximum atomic E-state index is 12.1. The molecule has 9 nitrogen and oxygen atoms in total. The number of ether oxygens (including phenoxy) is 1. The van der Waals surface area contributed by atoms with E-state index < -0.39 is 0 Å². The second-order valence-electron chi connectivity index (χ2n) is 7.79. The second kappa shape index (κ2) is 10.2. The molecule has 152 valence electrons. The molecule has 27 heavy (non-hydrogen) atoms. The van der Waals surface area contributed by atoms with Crippen molar-refractivity contribution in [3.05, 3.63) is 12.2 Å². The molecule has 1 saturated heterocycles. The van der Waals surface area contributed by atoms with Crippen LogP contribution in [-0.4, -0.2) is 65.0 Å². The van der Waals surface area contributed by atoms with E-state index in [9.17, 15) is 4.79 Å². The number of hydrogen-bond acceptors (Lipinski definition) is 5. The van der Waals surface area contributed by atoms with E-state index in [0.29, 0.717) is 18.4 Å². The van der Waals surface area contributed by atoms with Gasteiger partial charge in [-0.2, -0.15) is 0 Å². The molecule has 0 saturated carbocycles. The smallest absolute Gasteiger partial charge is 0.242 e. The summed E-state index contributed by atoms with van der Waals surface area (Å²) in [5.41, 5.74) is -0.264. The van der Waals surface area contributed by atoms with E-state index in [2.05, 4.69) is 38.1 Å². The largest absolute Gasteiger partial charge is 0.381 e. The van der Waals surface area contributed by atoms with Crippen LogP contribution < -0.4 is 16.0 Å². The zero-order valence-corrected chi connectivity index (χ0v) is 16.9. The highest BCUT2D eigenvalue weighted by Gasteiger charge is 2.16. The van der Waals surface area contributed by atoms with E-state index in [1.54, 1.807) is 6.33 Å². The lowest BCUT2D eigenvalue weighted by Crippen LogP contribution is -2.44. The molecule has 0 radical (unpaired) electrons. The first-order valence-corrected chi connectivity index (χ1v) is 9.65. The van der Waals surface area contributed by atoms with E-state index >= 15 is 0 Å². The molecule has 1 aliphatic heterocycles. The Morgan fingerprint density at radius 3 is 2.89 bits per heavy atom. The number of nitrogens with one attached hydrogen (secondary N) is 3. The summed E-state index contributed by atoms with van der Waals surface area (Å²) < 4.78 is 7.43. The number of guanidine groups is 1. The van der Waals surface area contributed by atoms with Crippen molar-refractivity contribution in [3.8, 4) is 0 Å². The molecule has 1 amide bonds. The van der Waals surface area contributed by atoms with Gasteiger partial charge in [-0.25, -0.2) is 4.99 Å². The Hall–Kier alpha value is -2.16. The van der Waals surface area contributed by atoms with Crippen molar-refractivity contribution < 1.29 is 9.53 Å². The van der Waals surface area contributed by atoms with Gasteiger partial charge in [0.15, 0.2) is 5.96 Å². The molecule has 1 aromatic heterocycles. The number of hydrogen-bond donors (Lipinski definition) is 3. The van der Waals surface area contributed by atoms with Crippen molar-refractivity contribution in [2.45, 2.75) is 52.6 Å². The molecule has 0 spiro atoms. The van der Waals surface area contributed by atoms with Crippen LogP contribution >= 0.6 is 0 Å². The molecule has 1 atom stereocenters. The molecular formula is C18H33N7O2. The van der Waals surface area contributed by atoms with Gasteiger partial charge in [0.05, 0.1) is 6.61 Å². The van der Waals surface area contributed by atoms with E-state index in [-0.39, 0.29) is 18.0 Å². The normalized spacial score (nSPS) is 17.8. The van der Waals surface area contributed by atoms with Crippen LogP contribution in [0.4, 0.5) is 0 Å². The molecule has 1 aliphatic rings. The van der Waals surface area contributed by atoms with Crippen LogP contribution in [0.2, 0.25) is 0 Å². The first kappa shape index (κ1) is 21.1. The molecule has 0 bridgehead atoms. The number of carbonyl (C=O) groups excluding carboxylic acids is 1. The lowest BCUT2D eigenvalue weighted by atomic mass is 10.1. The van der Waals surface area contributed by atoms with E-state index in [1.165, 1.54) is 0 Å². The van der Waals surface area contributed by atoms with Crippen molar-refractivity contribution in [1.82, 2.24) is 30.7 Å². The van der Waals surface area contributed by atoms with Crippen LogP contribution in [0, 0.1) is 5.92 Å². The van der Waals surface area contributed by atoms with Gasteiger partial charge in [-0.15, -0.1) is 10.2 Å². The van der Waals surface area contributed by atoms with Crippen molar-refractivity contribution in [1.29, 1.82) is 0 Å². The summed E-state index contributed by atoms with van der Waals surface area (Å²) >= 11 is 0. The average Bonchev–Trinajstić information content (AvgIpc) is 3.26. The Bertz CT molecular complexity index is 615. The number of aromatic nitrogens is 3. The number of nitrogens with zero attached hydrogens (tertiary/aromatic N) is 4. The zero-order chi connectivity index (χ0) is 19.7. The van der Waals surface area contributed by atoms with Gasteiger partial charge in [0.25, 0.3) is 0 Å². The van der Waals surface area contributed by atoms with Gasteiger partial charge >= 0.3 is 0 Å². The number of aryl methyl sites for hydroxylation is 1. The molecule has 1 unspecified atom stereocenters. The Morgan fingerprint density at radius 2 is 2.22 bits per heavy atom. The fourth-order valence-corrected chi connectivity index (χ4v) is 2.80. The Kier molecular flexibility index (Phi) is 8.02. The second-order valence-corrected chi connectivity index (χ2v) is 7.79. The van der Waals surface area contributed by atoms with Crippen molar-refractivity contribution in [2.24, 2.45) is 10.9 Å².